The number of nitrogens with zero attached hydrogens (tertiary/aromatic N) is 1. The van der Waals surface area contributed by atoms with Gasteiger partial charge in [0.1, 0.15) is 5.82 Å². The van der Waals surface area contributed by atoms with Crippen LogP contribution >= 0.6 is 24.8 Å². The fraction of sp³-hybridized carbons (Fsp3) is 0.533. The van der Waals surface area contributed by atoms with Crippen LogP contribution in [0.3, 0.4) is 0 Å². The van der Waals surface area contributed by atoms with Crippen LogP contribution in [0.1, 0.15) is 12.5 Å². The first kappa shape index (κ1) is 23.4. The molecule has 0 aliphatic heterocycles. The normalized spacial score (nSPS) is 11.3. The van der Waals surface area contributed by atoms with E-state index in [0.29, 0.717) is 13.1 Å². The maximum Gasteiger partial charge on any atom is 0.224 e. The van der Waals surface area contributed by atoms with Gasteiger partial charge >= 0.3 is 0 Å². The molecule has 0 spiro atoms. The summed E-state index contributed by atoms with van der Waals surface area (Å²) in [7, 11) is 3.81. The average molecular weight is 354 g/mol. The smallest absolute Gasteiger partial charge is 0.224 e. The zero-order valence-corrected chi connectivity index (χ0v) is 14.9. The third-order valence-corrected chi connectivity index (χ3v) is 3.12. The fourth-order valence-electron chi connectivity index (χ4n) is 1.92. The van der Waals surface area contributed by atoms with Crippen LogP contribution in [0.15, 0.2) is 24.3 Å². The molecular weight excluding hydrogens is 328 g/mol. The SMILES string of the molecule is CNCC(C)C(=O)NCCN(C)Cc1ccc(F)cc1.Cl.Cl. The van der Waals surface area contributed by atoms with Gasteiger partial charge in [0.25, 0.3) is 0 Å². The molecule has 1 rings (SSSR count). The van der Waals surface area contributed by atoms with E-state index in [1.54, 1.807) is 12.1 Å². The van der Waals surface area contributed by atoms with Crippen molar-refractivity contribution in [2.75, 3.05) is 33.7 Å². The third kappa shape index (κ3) is 9.20. The molecule has 0 radical (unpaired) electrons. The summed E-state index contributed by atoms with van der Waals surface area (Å²) in [6, 6.07) is 6.48. The largest absolute Gasteiger partial charge is 0.355 e. The van der Waals surface area contributed by atoms with Gasteiger partial charge in [0.2, 0.25) is 5.91 Å². The van der Waals surface area contributed by atoms with Gasteiger partial charge in [-0.25, -0.2) is 4.39 Å². The second-order valence-corrected chi connectivity index (χ2v) is 5.11. The van der Waals surface area contributed by atoms with Crippen molar-refractivity contribution in [3.05, 3.63) is 35.6 Å². The number of amides is 1. The molecule has 1 amide bonds. The lowest BCUT2D eigenvalue weighted by Crippen LogP contribution is -2.38. The van der Waals surface area contributed by atoms with E-state index in [-0.39, 0.29) is 42.5 Å². The number of nitrogens with one attached hydrogen (secondary N) is 2. The first-order valence-corrected chi connectivity index (χ1v) is 6.88. The van der Waals surface area contributed by atoms with Gasteiger partial charge in [0, 0.05) is 32.1 Å². The highest BCUT2D eigenvalue weighted by molar-refractivity contribution is 5.85. The Morgan fingerprint density at radius 2 is 1.86 bits per heavy atom. The summed E-state index contributed by atoms with van der Waals surface area (Å²) in [5.74, 6) is -0.181. The van der Waals surface area contributed by atoms with E-state index in [2.05, 4.69) is 15.5 Å². The highest BCUT2D eigenvalue weighted by Crippen LogP contribution is 2.05. The molecule has 7 heteroatoms. The van der Waals surface area contributed by atoms with Crippen LogP contribution in [0, 0.1) is 11.7 Å². The second-order valence-electron chi connectivity index (χ2n) is 5.11. The number of carbonyl (C=O) groups is 1. The molecular formula is C15H26Cl2FN3O. The molecule has 0 aromatic heterocycles. The van der Waals surface area contributed by atoms with Crippen molar-refractivity contribution >= 4 is 30.7 Å². The monoisotopic (exact) mass is 353 g/mol. The minimum absolute atomic E-state index is 0. The first-order valence-electron chi connectivity index (χ1n) is 6.88. The lowest BCUT2D eigenvalue weighted by molar-refractivity contribution is -0.124. The van der Waals surface area contributed by atoms with Crippen molar-refractivity contribution < 1.29 is 9.18 Å². The number of halogens is 3. The standard InChI is InChI=1S/C15H24FN3O.2ClH/c1-12(10-17-2)15(20)18-8-9-19(3)11-13-4-6-14(16)7-5-13;;/h4-7,12,17H,8-11H2,1-3H3,(H,18,20);2*1H. The van der Waals surface area contributed by atoms with Crippen LogP contribution < -0.4 is 10.6 Å². The highest BCUT2D eigenvalue weighted by Gasteiger charge is 2.11. The van der Waals surface area contributed by atoms with Gasteiger partial charge in [-0.05, 0) is 31.8 Å². The lowest BCUT2D eigenvalue weighted by Gasteiger charge is -2.18. The number of benzene rings is 1. The number of hydrogen-bond donors (Lipinski definition) is 2. The Hall–Kier alpha value is -0.880. The summed E-state index contributed by atoms with van der Waals surface area (Å²) in [5.41, 5.74) is 1.06. The minimum atomic E-state index is -0.220. The molecule has 0 heterocycles. The van der Waals surface area contributed by atoms with E-state index in [1.807, 2.05) is 21.0 Å². The molecule has 22 heavy (non-hydrogen) atoms. The molecule has 1 atom stereocenters. The van der Waals surface area contributed by atoms with Crippen molar-refractivity contribution in [2.24, 2.45) is 5.92 Å². The Balaban J connectivity index is 0. The first-order chi connectivity index (χ1) is 9.52. The molecule has 1 aromatic rings. The number of likely N-dealkylation sites (N-methyl/N-ethyl adjacent to an activating group) is 1. The predicted octanol–water partition coefficient (Wildman–Crippen LogP) is 2.07. The van der Waals surface area contributed by atoms with E-state index >= 15 is 0 Å². The van der Waals surface area contributed by atoms with E-state index in [1.165, 1.54) is 12.1 Å². The quantitative estimate of drug-likeness (QED) is 0.751. The van der Waals surface area contributed by atoms with E-state index in [9.17, 15) is 9.18 Å². The minimum Gasteiger partial charge on any atom is -0.355 e. The maximum absolute atomic E-state index is 12.8. The number of rotatable bonds is 8. The summed E-state index contributed by atoms with van der Waals surface area (Å²) in [4.78, 5) is 13.8. The van der Waals surface area contributed by atoms with Gasteiger partial charge in [-0.1, -0.05) is 19.1 Å². The molecule has 1 aromatic carbocycles. The van der Waals surface area contributed by atoms with Gasteiger partial charge in [-0.15, -0.1) is 24.8 Å². The van der Waals surface area contributed by atoms with Gasteiger partial charge in [-0.2, -0.15) is 0 Å². The van der Waals surface area contributed by atoms with E-state index < -0.39 is 0 Å². The van der Waals surface area contributed by atoms with E-state index in [0.717, 1.165) is 18.7 Å². The predicted molar refractivity (Wildman–Crippen MR) is 93.3 cm³/mol. The average Bonchev–Trinajstić information content (AvgIpc) is 2.41. The Labute approximate surface area is 144 Å². The van der Waals surface area contributed by atoms with Crippen molar-refractivity contribution in [1.82, 2.24) is 15.5 Å². The summed E-state index contributed by atoms with van der Waals surface area (Å²) >= 11 is 0. The number of hydrogen-bond acceptors (Lipinski definition) is 3. The molecule has 0 saturated heterocycles. The molecule has 128 valence electrons. The van der Waals surface area contributed by atoms with Crippen molar-refractivity contribution in [3.63, 3.8) is 0 Å². The van der Waals surface area contributed by atoms with Gasteiger partial charge in [0.15, 0.2) is 0 Å². The molecule has 0 bridgehead atoms. The Morgan fingerprint density at radius 3 is 2.41 bits per heavy atom. The van der Waals surface area contributed by atoms with Crippen LogP contribution in [0.25, 0.3) is 0 Å². The van der Waals surface area contributed by atoms with Crippen LogP contribution in [0.2, 0.25) is 0 Å². The summed E-state index contributed by atoms with van der Waals surface area (Å²) in [6.45, 7) is 4.69. The molecule has 0 saturated carbocycles. The van der Waals surface area contributed by atoms with Crippen LogP contribution in [0.4, 0.5) is 4.39 Å². The van der Waals surface area contributed by atoms with Crippen molar-refractivity contribution in [3.8, 4) is 0 Å². The molecule has 0 fully saturated rings. The third-order valence-electron chi connectivity index (χ3n) is 3.12. The van der Waals surface area contributed by atoms with Crippen molar-refractivity contribution in [1.29, 1.82) is 0 Å². The highest BCUT2D eigenvalue weighted by atomic mass is 35.5. The zero-order valence-electron chi connectivity index (χ0n) is 13.3. The Kier molecular flexibility index (Phi) is 13.4. The summed E-state index contributed by atoms with van der Waals surface area (Å²) in [6.07, 6.45) is 0. The zero-order chi connectivity index (χ0) is 15.0. The molecule has 1 unspecified atom stereocenters. The maximum atomic E-state index is 12.8. The summed E-state index contributed by atoms with van der Waals surface area (Å²) < 4.78 is 12.8. The summed E-state index contributed by atoms with van der Waals surface area (Å²) in [5, 5.41) is 5.90. The Morgan fingerprint density at radius 1 is 1.27 bits per heavy atom. The van der Waals surface area contributed by atoms with Crippen molar-refractivity contribution in [2.45, 2.75) is 13.5 Å². The van der Waals surface area contributed by atoms with Crippen LogP contribution in [-0.2, 0) is 11.3 Å². The topological polar surface area (TPSA) is 44.4 Å². The lowest BCUT2D eigenvalue weighted by atomic mass is 10.1. The van der Waals surface area contributed by atoms with Gasteiger partial charge in [-0.3, -0.25) is 4.79 Å². The van der Waals surface area contributed by atoms with Gasteiger partial charge < -0.3 is 15.5 Å². The molecule has 2 N–H and O–H groups in total. The second kappa shape index (κ2) is 12.6. The molecule has 0 aliphatic rings. The van der Waals surface area contributed by atoms with E-state index in [4.69, 9.17) is 0 Å². The fourth-order valence-corrected chi connectivity index (χ4v) is 1.92. The van der Waals surface area contributed by atoms with Gasteiger partial charge in [0.05, 0.1) is 0 Å². The number of carbonyl (C=O) groups excluding carboxylic acids is 1. The van der Waals surface area contributed by atoms with Crippen LogP contribution in [0.5, 0.6) is 0 Å². The van der Waals surface area contributed by atoms with Crippen LogP contribution in [-0.4, -0.2) is 44.5 Å². The molecule has 4 nitrogen and oxygen atoms in total. The molecule has 0 aliphatic carbocycles. The Bertz CT molecular complexity index is 418.